The average Bonchev–Trinajstić information content (AvgIpc) is 2.70. The molecule has 0 N–H and O–H groups in total. The summed E-state index contributed by atoms with van der Waals surface area (Å²) in [6, 6.07) is 6.73. The summed E-state index contributed by atoms with van der Waals surface area (Å²) in [6.07, 6.45) is 5.58. The Bertz CT molecular complexity index is 559. The molecule has 1 nitrogen and oxygen atoms in total. The number of hydrogen-bond acceptors (Lipinski definition) is 0. The third-order valence-electron chi connectivity index (χ3n) is 3.35. The van der Waals surface area contributed by atoms with Gasteiger partial charge in [-0.2, -0.15) is 0 Å². The maximum Gasteiger partial charge on any atom is 0.0490 e. The summed E-state index contributed by atoms with van der Waals surface area (Å²) < 4.78 is 2.41. The summed E-state index contributed by atoms with van der Waals surface area (Å²) in [5.74, 6) is 0. The topological polar surface area (TPSA) is 4.93 Å². The minimum atomic E-state index is 1.02. The van der Waals surface area contributed by atoms with Gasteiger partial charge in [0.2, 0.25) is 0 Å². The molecule has 0 radical (unpaired) electrons. The first kappa shape index (κ1) is 15.6. The van der Waals surface area contributed by atoms with Crippen molar-refractivity contribution in [2.24, 2.45) is 0 Å². The molecule has 1 heterocycles. The normalized spacial score (nSPS) is 10.8. The van der Waals surface area contributed by atoms with E-state index < -0.39 is 0 Å². The van der Waals surface area contributed by atoms with Gasteiger partial charge in [-0.05, 0) is 50.5 Å². The van der Waals surface area contributed by atoms with E-state index in [4.69, 9.17) is 0 Å². The summed E-state index contributed by atoms with van der Waals surface area (Å²) in [7, 11) is 0. The third-order valence-corrected chi connectivity index (χ3v) is 3.35. The summed E-state index contributed by atoms with van der Waals surface area (Å²) in [5.41, 5.74) is 5.44. The van der Waals surface area contributed by atoms with Gasteiger partial charge in [-0.3, -0.25) is 0 Å². The largest absolute Gasteiger partial charge is 0.341 e. The van der Waals surface area contributed by atoms with Gasteiger partial charge in [-0.15, -0.1) is 0 Å². The van der Waals surface area contributed by atoms with E-state index in [2.05, 4.69) is 62.6 Å². The minimum absolute atomic E-state index is 1.02. The fourth-order valence-electron chi connectivity index (χ4n) is 2.44. The molecule has 2 aromatic rings. The molecule has 0 saturated heterocycles. The van der Waals surface area contributed by atoms with Crippen molar-refractivity contribution < 1.29 is 0 Å². The van der Waals surface area contributed by atoms with Crippen LogP contribution in [0.5, 0.6) is 0 Å². The number of benzene rings is 1. The van der Waals surface area contributed by atoms with E-state index in [0.717, 1.165) is 13.0 Å². The summed E-state index contributed by atoms with van der Waals surface area (Å²) in [4.78, 5) is 0. The van der Waals surface area contributed by atoms with Crippen molar-refractivity contribution in [2.45, 2.75) is 54.5 Å². The Labute approximate surface area is 117 Å². The highest BCUT2D eigenvalue weighted by Gasteiger charge is 2.10. The second kappa shape index (κ2) is 7.18. The molecular formula is C18H27N. The molecule has 19 heavy (non-hydrogen) atoms. The van der Waals surface area contributed by atoms with Crippen molar-refractivity contribution >= 4 is 17.0 Å². The number of aromatic nitrogens is 1. The van der Waals surface area contributed by atoms with Gasteiger partial charge in [0.15, 0.2) is 0 Å². The first-order valence-electron chi connectivity index (χ1n) is 7.45. The number of allylic oxidation sites excluding steroid dienone is 1. The van der Waals surface area contributed by atoms with E-state index in [1.54, 1.807) is 0 Å². The van der Waals surface area contributed by atoms with Gasteiger partial charge >= 0.3 is 0 Å². The van der Waals surface area contributed by atoms with E-state index in [1.165, 1.54) is 27.7 Å². The number of hydrogen-bond donors (Lipinski definition) is 0. The van der Waals surface area contributed by atoms with Gasteiger partial charge in [0, 0.05) is 23.1 Å². The standard InChI is InChI=1S/C16H21N.C2H6/c1-5-7-8-15-13(4)14-10-9-12(3)11-16(14)17(15)6-2;1-2/h7-11H,5-6H2,1-4H3;1-2H3/b8-7-;. The van der Waals surface area contributed by atoms with Crippen LogP contribution in [0.2, 0.25) is 0 Å². The fraction of sp³-hybridized carbons (Fsp3) is 0.444. The molecule has 1 aromatic heterocycles. The van der Waals surface area contributed by atoms with Crippen molar-refractivity contribution in [3.8, 4) is 0 Å². The van der Waals surface area contributed by atoms with Crippen LogP contribution in [0.15, 0.2) is 24.3 Å². The van der Waals surface area contributed by atoms with Crippen LogP contribution >= 0.6 is 0 Å². The zero-order valence-electron chi connectivity index (χ0n) is 13.2. The first-order valence-corrected chi connectivity index (χ1v) is 7.45. The predicted octanol–water partition coefficient (Wildman–Crippen LogP) is 5.73. The lowest BCUT2D eigenvalue weighted by molar-refractivity contribution is 0.786. The maximum absolute atomic E-state index is 2.41. The van der Waals surface area contributed by atoms with Crippen LogP contribution in [0.3, 0.4) is 0 Å². The van der Waals surface area contributed by atoms with Gasteiger partial charge in [-0.1, -0.05) is 39.0 Å². The molecule has 0 saturated carbocycles. The SMILES string of the molecule is CC.CC/C=C\c1c(C)c2ccc(C)cc2n1CC. The van der Waals surface area contributed by atoms with Crippen LogP contribution in [-0.2, 0) is 6.54 Å². The summed E-state index contributed by atoms with van der Waals surface area (Å²) >= 11 is 0. The van der Waals surface area contributed by atoms with E-state index >= 15 is 0 Å². The molecule has 0 unspecified atom stereocenters. The van der Waals surface area contributed by atoms with E-state index in [-0.39, 0.29) is 0 Å². The lowest BCUT2D eigenvalue weighted by Crippen LogP contribution is -1.96. The highest BCUT2D eigenvalue weighted by molar-refractivity contribution is 5.88. The number of aryl methyl sites for hydroxylation is 3. The minimum Gasteiger partial charge on any atom is -0.341 e. The molecule has 0 aliphatic rings. The smallest absolute Gasteiger partial charge is 0.0490 e. The van der Waals surface area contributed by atoms with Crippen LogP contribution in [0.1, 0.15) is 50.9 Å². The average molecular weight is 257 g/mol. The summed E-state index contributed by atoms with van der Waals surface area (Å²) in [6.45, 7) is 13.8. The second-order valence-electron chi connectivity index (χ2n) is 4.59. The molecule has 0 amide bonds. The van der Waals surface area contributed by atoms with Gasteiger partial charge in [0.25, 0.3) is 0 Å². The quantitative estimate of drug-likeness (QED) is 0.662. The predicted molar refractivity (Wildman–Crippen MR) is 87.8 cm³/mol. The number of rotatable bonds is 3. The maximum atomic E-state index is 2.41. The zero-order valence-corrected chi connectivity index (χ0v) is 13.2. The molecular weight excluding hydrogens is 230 g/mol. The van der Waals surface area contributed by atoms with Crippen molar-refractivity contribution in [2.75, 3.05) is 0 Å². The lowest BCUT2D eigenvalue weighted by atomic mass is 10.1. The highest BCUT2D eigenvalue weighted by Crippen LogP contribution is 2.27. The van der Waals surface area contributed by atoms with Gasteiger partial charge in [-0.25, -0.2) is 0 Å². The highest BCUT2D eigenvalue weighted by atomic mass is 15.0. The van der Waals surface area contributed by atoms with Gasteiger partial charge in [0.05, 0.1) is 0 Å². The molecule has 1 heteroatoms. The van der Waals surface area contributed by atoms with Crippen molar-refractivity contribution in [3.05, 3.63) is 41.1 Å². The molecule has 104 valence electrons. The molecule has 0 fully saturated rings. The van der Waals surface area contributed by atoms with Crippen LogP contribution in [0, 0.1) is 13.8 Å². The lowest BCUT2D eigenvalue weighted by Gasteiger charge is -2.05. The van der Waals surface area contributed by atoms with Gasteiger partial charge < -0.3 is 4.57 Å². The molecule has 0 aliphatic carbocycles. The molecule has 0 aliphatic heterocycles. The first-order chi connectivity index (χ1) is 9.19. The van der Waals surface area contributed by atoms with Crippen LogP contribution < -0.4 is 0 Å². The Balaban J connectivity index is 0.000000861. The Morgan fingerprint density at radius 2 is 1.79 bits per heavy atom. The number of nitrogens with zero attached hydrogens (tertiary/aromatic N) is 1. The van der Waals surface area contributed by atoms with Crippen molar-refractivity contribution in [1.82, 2.24) is 4.57 Å². The van der Waals surface area contributed by atoms with E-state index in [1.807, 2.05) is 13.8 Å². The Hall–Kier alpha value is -1.50. The molecule has 2 rings (SSSR count). The Morgan fingerprint density at radius 1 is 1.11 bits per heavy atom. The van der Waals surface area contributed by atoms with Gasteiger partial charge in [0.1, 0.15) is 0 Å². The zero-order chi connectivity index (χ0) is 14.4. The van der Waals surface area contributed by atoms with E-state index in [9.17, 15) is 0 Å². The molecule has 0 spiro atoms. The second-order valence-corrected chi connectivity index (χ2v) is 4.59. The van der Waals surface area contributed by atoms with Crippen molar-refractivity contribution in [3.63, 3.8) is 0 Å². The number of fused-ring (bicyclic) bond motifs is 1. The Morgan fingerprint density at radius 3 is 2.37 bits per heavy atom. The molecule has 0 bridgehead atoms. The summed E-state index contributed by atoms with van der Waals surface area (Å²) in [5, 5.41) is 1.38. The van der Waals surface area contributed by atoms with Crippen LogP contribution in [-0.4, -0.2) is 4.57 Å². The molecule has 0 atom stereocenters. The Kier molecular flexibility index (Phi) is 5.88. The monoisotopic (exact) mass is 257 g/mol. The fourth-order valence-corrected chi connectivity index (χ4v) is 2.44. The third kappa shape index (κ3) is 3.09. The van der Waals surface area contributed by atoms with Crippen molar-refractivity contribution in [1.29, 1.82) is 0 Å². The van der Waals surface area contributed by atoms with E-state index in [0.29, 0.717) is 0 Å². The van der Waals surface area contributed by atoms with Crippen LogP contribution in [0.25, 0.3) is 17.0 Å². The van der Waals surface area contributed by atoms with Crippen LogP contribution in [0.4, 0.5) is 0 Å². The molecule has 1 aromatic carbocycles.